The first-order chi connectivity index (χ1) is 14.6. The number of methoxy groups -OCH3 is 1. The van der Waals surface area contributed by atoms with Gasteiger partial charge in [-0.25, -0.2) is 4.39 Å². The molecule has 1 aliphatic heterocycles. The number of nitrogens with zero attached hydrogens (tertiary/aromatic N) is 3. The Bertz CT molecular complexity index is 991. The van der Waals surface area contributed by atoms with Gasteiger partial charge in [0.25, 0.3) is 0 Å². The van der Waals surface area contributed by atoms with Crippen molar-refractivity contribution in [1.82, 2.24) is 10.2 Å². The first-order valence-electron chi connectivity index (χ1n) is 9.92. The maximum Gasteiger partial charge on any atom is 0.229 e. The van der Waals surface area contributed by atoms with Gasteiger partial charge in [-0.15, -0.1) is 10.2 Å². The number of piperidine rings is 1. The number of anilines is 2. The molecular weight excluding hydrogens is 383 g/mol. The Morgan fingerprint density at radius 3 is 2.50 bits per heavy atom. The molecule has 0 aliphatic carbocycles. The Morgan fingerprint density at radius 2 is 1.83 bits per heavy atom. The fourth-order valence-electron chi connectivity index (χ4n) is 3.59. The molecule has 1 atom stereocenters. The molecule has 1 saturated heterocycles. The molecule has 3 aromatic rings. The van der Waals surface area contributed by atoms with Crippen LogP contribution in [-0.2, 0) is 4.79 Å². The van der Waals surface area contributed by atoms with E-state index in [-0.39, 0.29) is 17.6 Å². The largest absolute Gasteiger partial charge is 0.497 e. The van der Waals surface area contributed by atoms with Crippen LogP contribution in [0, 0.1) is 11.7 Å². The maximum absolute atomic E-state index is 13.1. The van der Waals surface area contributed by atoms with E-state index in [4.69, 9.17) is 4.74 Å². The van der Waals surface area contributed by atoms with Crippen molar-refractivity contribution in [3.05, 3.63) is 66.5 Å². The fraction of sp³-hybridized carbons (Fsp3) is 0.261. The van der Waals surface area contributed by atoms with Crippen LogP contribution in [0.3, 0.4) is 0 Å². The maximum atomic E-state index is 13.1. The molecule has 0 spiro atoms. The number of aromatic nitrogens is 2. The molecule has 0 radical (unpaired) electrons. The van der Waals surface area contributed by atoms with E-state index in [2.05, 4.69) is 20.4 Å². The highest BCUT2D eigenvalue weighted by atomic mass is 19.1. The number of nitrogens with one attached hydrogen (secondary N) is 1. The third-order valence-corrected chi connectivity index (χ3v) is 5.26. The van der Waals surface area contributed by atoms with Crippen molar-refractivity contribution in [1.29, 1.82) is 0 Å². The Labute approximate surface area is 174 Å². The van der Waals surface area contributed by atoms with Crippen LogP contribution >= 0.6 is 0 Å². The molecule has 1 N–H and O–H groups in total. The van der Waals surface area contributed by atoms with Gasteiger partial charge in [0.05, 0.1) is 18.7 Å². The number of benzene rings is 2. The van der Waals surface area contributed by atoms with Gasteiger partial charge in [0, 0.05) is 24.3 Å². The minimum Gasteiger partial charge on any atom is -0.497 e. The van der Waals surface area contributed by atoms with Gasteiger partial charge in [0.2, 0.25) is 5.91 Å². The minimum absolute atomic E-state index is 0.0610. The van der Waals surface area contributed by atoms with E-state index in [1.165, 1.54) is 12.1 Å². The topological polar surface area (TPSA) is 67.3 Å². The Hall–Kier alpha value is -3.48. The Balaban J connectivity index is 1.41. The molecule has 0 saturated carbocycles. The zero-order chi connectivity index (χ0) is 20.9. The molecule has 154 valence electrons. The van der Waals surface area contributed by atoms with Crippen LogP contribution in [0.25, 0.3) is 11.3 Å². The lowest BCUT2D eigenvalue weighted by atomic mass is 9.97. The van der Waals surface area contributed by atoms with Crippen LogP contribution in [0.1, 0.15) is 12.8 Å². The summed E-state index contributed by atoms with van der Waals surface area (Å²) < 4.78 is 18.2. The van der Waals surface area contributed by atoms with Crippen LogP contribution in [0.4, 0.5) is 15.9 Å². The molecule has 1 aliphatic rings. The summed E-state index contributed by atoms with van der Waals surface area (Å²) in [6.07, 6.45) is 1.70. The predicted molar refractivity (Wildman–Crippen MR) is 114 cm³/mol. The van der Waals surface area contributed by atoms with Crippen molar-refractivity contribution >= 4 is 17.4 Å². The quantitative estimate of drug-likeness (QED) is 0.690. The lowest BCUT2D eigenvalue weighted by molar-refractivity contribution is -0.120. The van der Waals surface area contributed by atoms with Gasteiger partial charge in [-0.3, -0.25) is 4.79 Å². The highest BCUT2D eigenvalue weighted by Crippen LogP contribution is 2.25. The summed E-state index contributed by atoms with van der Waals surface area (Å²) in [5, 5.41) is 11.6. The lowest BCUT2D eigenvalue weighted by Gasteiger charge is -2.32. The van der Waals surface area contributed by atoms with E-state index in [1.807, 2.05) is 36.4 Å². The smallest absolute Gasteiger partial charge is 0.229 e. The van der Waals surface area contributed by atoms with Gasteiger partial charge in [0.1, 0.15) is 11.6 Å². The molecule has 1 aromatic heterocycles. The summed E-state index contributed by atoms with van der Waals surface area (Å²) in [6.45, 7) is 1.40. The summed E-state index contributed by atoms with van der Waals surface area (Å²) >= 11 is 0. The zero-order valence-electron chi connectivity index (χ0n) is 16.7. The second-order valence-corrected chi connectivity index (χ2v) is 7.29. The van der Waals surface area contributed by atoms with E-state index in [0.29, 0.717) is 12.2 Å². The van der Waals surface area contributed by atoms with Gasteiger partial charge in [-0.2, -0.15) is 0 Å². The van der Waals surface area contributed by atoms with Crippen molar-refractivity contribution in [3.63, 3.8) is 0 Å². The van der Waals surface area contributed by atoms with Crippen LogP contribution in [-0.4, -0.2) is 36.3 Å². The van der Waals surface area contributed by atoms with Gasteiger partial charge >= 0.3 is 0 Å². The van der Waals surface area contributed by atoms with Crippen molar-refractivity contribution < 1.29 is 13.9 Å². The SMILES string of the molecule is COc1ccc(-c2ccc(N3CCCC(C(=O)Nc4ccc(F)cc4)C3)nn2)cc1. The highest BCUT2D eigenvalue weighted by Gasteiger charge is 2.27. The number of rotatable bonds is 5. The zero-order valence-corrected chi connectivity index (χ0v) is 16.7. The van der Waals surface area contributed by atoms with Crippen LogP contribution < -0.4 is 15.0 Å². The number of hydrogen-bond acceptors (Lipinski definition) is 5. The van der Waals surface area contributed by atoms with Gasteiger partial charge < -0.3 is 15.0 Å². The summed E-state index contributed by atoms with van der Waals surface area (Å²) in [5.41, 5.74) is 2.34. The lowest BCUT2D eigenvalue weighted by Crippen LogP contribution is -2.41. The summed E-state index contributed by atoms with van der Waals surface area (Å²) in [5.74, 6) is 1.00. The van der Waals surface area contributed by atoms with Crippen molar-refractivity contribution in [2.45, 2.75) is 12.8 Å². The van der Waals surface area contributed by atoms with E-state index < -0.39 is 0 Å². The monoisotopic (exact) mass is 406 g/mol. The summed E-state index contributed by atoms with van der Waals surface area (Å²) in [7, 11) is 1.63. The number of amides is 1. The first kappa shape index (κ1) is 19.8. The molecule has 0 bridgehead atoms. The second-order valence-electron chi connectivity index (χ2n) is 7.29. The number of ether oxygens (including phenoxy) is 1. The Morgan fingerprint density at radius 1 is 1.07 bits per heavy atom. The number of carbonyl (C=O) groups excluding carboxylic acids is 1. The van der Waals surface area contributed by atoms with E-state index in [9.17, 15) is 9.18 Å². The van der Waals surface area contributed by atoms with Gasteiger partial charge in [-0.05, 0) is 73.5 Å². The van der Waals surface area contributed by atoms with E-state index in [1.54, 1.807) is 19.2 Å². The van der Waals surface area contributed by atoms with Crippen LogP contribution in [0.15, 0.2) is 60.7 Å². The number of hydrogen-bond donors (Lipinski definition) is 1. The molecule has 2 aromatic carbocycles. The molecule has 1 unspecified atom stereocenters. The summed E-state index contributed by atoms with van der Waals surface area (Å²) in [4.78, 5) is 14.7. The van der Waals surface area contributed by atoms with Gasteiger partial charge in [0.15, 0.2) is 5.82 Å². The predicted octanol–water partition coefficient (Wildman–Crippen LogP) is 4.15. The van der Waals surface area contributed by atoms with Crippen LogP contribution in [0.5, 0.6) is 5.75 Å². The normalized spacial score (nSPS) is 16.2. The molecular formula is C23H23FN4O2. The average molecular weight is 406 g/mol. The molecule has 1 fully saturated rings. The van der Waals surface area contributed by atoms with Crippen molar-refractivity contribution in [3.8, 4) is 17.0 Å². The van der Waals surface area contributed by atoms with Gasteiger partial charge in [-0.1, -0.05) is 0 Å². The van der Waals surface area contributed by atoms with Crippen molar-refractivity contribution in [2.75, 3.05) is 30.4 Å². The third kappa shape index (κ3) is 4.56. The fourth-order valence-corrected chi connectivity index (χ4v) is 3.59. The first-order valence-corrected chi connectivity index (χ1v) is 9.92. The number of halogens is 1. The Kier molecular flexibility index (Phi) is 5.88. The second kappa shape index (κ2) is 8.90. The van der Waals surface area contributed by atoms with Crippen LogP contribution in [0.2, 0.25) is 0 Å². The molecule has 6 nitrogen and oxygen atoms in total. The number of carbonyl (C=O) groups is 1. The highest BCUT2D eigenvalue weighted by molar-refractivity contribution is 5.93. The summed E-state index contributed by atoms with van der Waals surface area (Å²) in [6, 6.07) is 17.3. The molecule has 30 heavy (non-hydrogen) atoms. The molecule has 1 amide bonds. The molecule has 7 heteroatoms. The average Bonchev–Trinajstić information content (AvgIpc) is 2.81. The van der Waals surface area contributed by atoms with Crippen molar-refractivity contribution in [2.24, 2.45) is 5.92 Å². The van der Waals surface area contributed by atoms with E-state index in [0.717, 1.165) is 42.2 Å². The minimum atomic E-state index is -0.325. The molecule has 2 heterocycles. The molecule has 4 rings (SSSR count). The third-order valence-electron chi connectivity index (χ3n) is 5.26. The van der Waals surface area contributed by atoms with E-state index >= 15 is 0 Å². The standard InChI is InChI=1S/C23H23FN4O2/c1-30-20-10-4-16(5-11-20)21-12-13-22(27-26-21)28-14-2-3-17(15-28)23(29)25-19-8-6-18(24)7-9-19/h4-13,17H,2-3,14-15H2,1H3,(H,25,29).